The molecule has 29 heavy (non-hydrogen) atoms. The van der Waals surface area contributed by atoms with E-state index in [0.29, 0.717) is 38.3 Å². The maximum absolute atomic E-state index is 12.8. The van der Waals surface area contributed by atoms with Crippen LogP contribution in [0.1, 0.15) is 17.3 Å². The van der Waals surface area contributed by atoms with E-state index in [9.17, 15) is 13.2 Å². The third-order valence-electron chi connectivity index (χ3n) is 4.95. The molecule has 0 aliphatic carbocycles. The zero-order chi connectivity index (χ0) is 21.0. The summed E-state index contributed by atoms with van der Waals surface area (Å²) in [5.41, 5.74) is 1.53. The van der Waals surface area contributed by atoms with Crippen molar-refractivity contribution in [3.05, 3.63) is 54.1 Å². The van der Waals surface area contributed by atoms with Gasteiger partial charge in [0.05, 0.1) is 17.2 Å². The maximum Gasteiger partial charge on any atom is 0.253 e. The third-order valence-corrected chi connectivity index (χ3v) is 6.78. The van der Waals surface area contributed by atoms with Crippen LogP contribution >= 0.6 is 0 Å². The number of anilines is 1. The zero-order valence-corrected chi connectivity index (χ0v) is 17.9. The molecule has 3 rings (SSSR count). The van der Waals surface area contributed by atoms with E-state index in [1.807, 2.05) is 31.2 Å². The van der Waals surface area contributed by atoms with E-state index in [-0.39, 0.29) is 10.8 Å². The van der Waals surface area contributed by atoms with Gasteiger partial charge in [0.1, 0.15) is 5.75 Å². The molecule has 0 bridgehead atoms. The van der Waals surface area contributed by atoms with Crippen LogP contribution in [0.5, 0.6) is 5.75 Å². The summed E-state index contributed by atoms with van der Waals surface area (Å²) in [5.74, 6) is 0.768. The predicted octanol–water partition coefficient (Wildman–Crippen LogP) is 2.30. The number of hydrogen-bond donors (Lipinski definition) is 0. The lowest BCUT2D eigenvalue weighted by atomic mass is 10.1. The Kier molecular flexibility index (Phi) is 6.44. The minimum Gasteiger partial charge on any atom is -0.492 e. The molecular formula is C21H27N3O4S. The summed E-state index contributed by atoms with van der Waals surface area (Å²) >= 11 is 0. The molecule has 156 valence electrons. The molecule has 1 heterocycles. The lowest BCUT2D eigenvalue weighted by molar-refractivity contribution is 0.0746. The molecule has 1 aliphatic heterocycles. The van der Waals surface area contributed by atoms with E-state index < -0.39 is 10.0 Å². The van der Waals surface area contributed by atoms with Crippen molar-refractivity contribution in [2.45, 2.75) is 11.8 Å². The summed E-state index contributed by atoms with van der Waals surface area (Å²) in [6.45, 7) is 5.18. The van der Waals surface area contributed by atoms with E-state index in [1.54, 1.807) is 17.0 Å². The monoisotopic (exact) mass is 417 g/mol. The van der Waals surface area contributed by atoms with Crippen LogP contribution in [0, 0.1) is 0 Å². The van der Waals surface area contributed by atoms with Crippen molar-refractivity contribution in [3.63, 3.8) is 0 Å². The molecule has 1 amide bonds. The number of amides is 1. The van der Waals surface area contributed by atoms with Gasteiger partial charge in [-0.2, -0.15) is 0 Å². The first-order valence-electron chi connectivity index (χ1n) is 9.63. The Morgan fingerprint density at radius 3 is 2.21 bits per heavy atom. The van der Waals surface area contributed by atoms with Gasteiger partial charge in [-0.15, -0.1) is 0 Å². The largest absolute Gasteiger partial charge is 0.492 e. The average molecular weight is 418 g/mol. The number of sulfonamides is 1. The fourth-order valence-electron chi connectivity index (χ4n) is 3.31. The van der Waals surface area contributed by atoms with Gasteiger partial charge >= 0.3 is 0 Å². The highest BCUT2D eigenvalue weighted by atomic mass is 32.2. The van der Waals surface area contributed by atoms with E-state index in [4.69, 9.17) is 4.74 Å². The van der Waals surface area contributed by atoms with Gasteiger partial charge in [0.2, 0.25) is 10.0 Å². The van der Waals surface area contributed by atoms with Crippen molar-refractivity contribution in [2.75, 3.05) is 51.8 Å². The molecular weight excluding hydrogens is 390 g/mol. The number of ether oxygens (including phenoxy) is 1. The van der Waals surface area contributed by atoms with Gasteiger partial charge in [0.25, 0.3) is 5.91 Å². The Bertz CT molecular complexity index is 950. The van der Waals surface area contributed by atoms with E-state index in [2.05, 4.69) is 4.90 Å². The van der Waals surface area contributed by atoms with Gasteiger partial charge in [0.15, 0.2) is 0 Å². The molecule has 0 unspecified atom stereocenters. The second kappa shape index (κ2) is 8.84. The summed E-state index contributed by atoms with van der Waals surface area (Å²) < 4.78 is 31.2. The molecule has 0 aromatic heterocycles. The quantitative estimate of drug-likeness (QED) is 0.721. The molecule has 1 aliphatic rings. The summed E-state index contributed by atoms with van der Waals surface area (Å²) in [7, 11) is -0.534. The van der Waals surface area contributed by atoms with Crippen LogP contribution in [-0.4, -0.2) is 70.4 Å². The van der Waals surface area contributed by atoms with Crippen LogP contribution in [0.4, 0.5) is 5.69 Å². The van der Waals surface area contributed by atoms with Gasteiger partial charge in [-0.1, -0.05) is 12.1 Å². The first kappa shape index (κ1) is 21.1. The minimum atomic E-state index is -3.50. The number of para-hydroxylation sites is 2. The van der Waals surface area contributed by atoms with Gasteiger partial charge in [0, 0.05) is 45.8 Å². The van der Waals surface area contributed by atoms with Crippen LogP contribution in [0.25, 0.3) is 0 Å². The smallest absolute Gasteiger partial charge is 0.253 e. The lowest BCUT2D eigenvalue weighted by Gasteiger charge is -2.36. The van der Waals surface area contributed by atoms with Gasteiger partial charge < -0.3 is 14.5 Å². The highest BCUT2D eigenvalue weighted by Gasteiger charge is 2.24. The number of benzene rings is 2. The second-order valence-corrected chi connectivity index (χ2v) is 9.14. The Morgan fingerprint density at radius 1 is 1.00 bits per heavy atom. The van der Waals surface area contributed by atoms with Gasteiger partial charge in [-0.3, -0.25) is 4.79 Å². The molecule has 2 aromatic carbocycles. The van der Waals surface area contributed by atoms with Crippen molar-refractivity contribution in [1.82, 2.24) is 9.21 Å². The second-order valence-electron chi connectivity index (χ2n) is 6.99. The molecule has 8 heteroatoms. The van der Waals surface area contributed by atoms with Crippen LogP contribution < -0.4 is 9.64 Å². The molecule has 0 atom stereocenters. The fraction of sp³-hybridized carbons (Fsp3) is 0.381. The van der Waals surface area contributed by atoms with E-state index >= 15 is 0 Å². The number of hydrogen-bond acceptors (Lipinski definition) is 5. The van der Waals surface area contributed by atoms with E-state index in [0.717, 1.165) is 15.7 Å². The van der Waals surface area contributed by atoms with Crippen molar-refractivity contribution >= 4 is 21.6 Å². The lowest BCUT2D eigenvalue weighted by Crippen LogP contribution is -2.48. The maximum atomic E-state index is 12.8. The summed E-state index contributed by atoms with van der Waals surface area (Å²) in [5, 5.41) is 0. The molecule has 0 spiro atoms. The van der Waals surface area contributed by atoms with Crippen LogP contribution in [0.2, 0.25) is 0 Å². The van der Waals surface area contributed by atoms with Crippen molar-refractivity contribution in [1.29, 1.82) is 0 Å². The Labute approximate surface area is 172 Å². The van der Waals surface area contributed by atoms with Crippen LogP contribution in [-0.2, 0) is 10.0 Å². The SMILES string of the molecule is CCOc1ccccc1N1CCN(C(=O)c2ccc(S(=O)(=O)N(C)C)cc2)CC1. The van der Waals surface area contributed by atoms with Crippen molar-refractivity contribution < 1.29 is 17.9 Å². The molecule has 1 saturated heterocycles. The molecule has 1 fully saturated rings. The third kappa shape index (κ3) is 4.54. The summed E-state index contributed by atoms with van der Waals surface area (Å²) in [6, 6.07) is 14.1. The fourth-order valence-corrected chi connectivity index (χ4v) is 4.21. The topological polar surface area (TPSA) is 70.2 Å². The average Bonchev–Trinajstić information content (AvgIpc) is 2.74. The normalized spacial score (nSPS) is 14.9. The Balaban J connectivity index is 1.66. The molecule has 2 aromatic rings. The standard InChI is InChI=1S/C21H27N3O4S/c1-4-28-20-8-6-5-7-19(20)23-13-15-24(16-14-23)21(25)17-9-11-18(12-10-17)29(26,27)22(2)3/h5-12H,4,13-16H2,1-3H3. The van der Waals surface area contributed by atoms with E-state index in [1.165, 1.54) is 26.2 Å². The number of carbonyl (C=O) groups excluding carboxylic acids is 1. The van der Waals surface area contributed by atoms with Gasteiger partial charge in [-0.25, -0.2) is 12.7 Å². The van der Waals surface area contributed by atoms with Crippen LogP contribution in [0.3, 0.4) is 0 Å². The minimum absolute atomic E-state index is 0.0865. The molecule has 0 N–H and O–H groups in total. The molecule has 0 saturated carbocycles. The number of carbonyl (C=O) groups is 1. The first-order chi connectivity index (χ1) is 13.8. The molecule has 0 radical (unpaired) electrons. The van der Waals surface area contributed by atoms with Crippen molar-refractivity contribution in [2.24, 2.45) is 0 Å². The highest BCUT2D eigenvalue weighted by Crippen LogP contribution is 2.29. The number of rotatable bonds is 6. The predicted molar refractivity (Wildman–Crippen MR) is 113 cm³/mol. The van der Waals surface area contributed by atoms with Crippen molar-refractivity contribution in [3.8, 4) is 5.75 Å². The first-order valence-corrected chi connectivity index (χ1v) is 11.1. The van der Waals surface area contributed by atoms with Gasteiger partial charge in [-0.05, 0) is 43.3 Å². The van der Waals surface area contributed by atoms with Crippen LogP contribution in [0.15, 0.2) is 53.4 Å². The summed E-state index contributed by atoms with van der Waals surface area (Å²) in [4.78, 5) is 17.0. The number of piperazine rings is 1. The summed E-state index contributed by atoms with van der Waals surface area (Å²) in [6.07, 6.45) is 0. The Hall–Kier alpha value is -2.58. The Morgan fingerprint density at radius 2 is 1.62 bits per heavy atom. The zero-order valence-electron chi connectivity index (χ0n) is 17.0. The highest BCUT2D eigenvalue weighted by molar-refractivity contribution is 7.89. The number of nitrogens with zero attached hydrogens (tertiary/aromatic N) is 3. The molecule has 7 nitrogen and oxygen atoms in total.